The number of carbonyl (C=O) groups excluding carboxylic acids is 1. The van der Waals surface area contributed by atoms with Gasteiger partial charge in [-0.15, -0.1) is 0 Å². The first-order chi connectivity index (χ1) is 14.7. The lowest BCUT2D eigenvalue weighted by Crippen LogP contribution is -2.44. The summed E-state index contributed by atoms with van der Waals surface area (Å²) in [6.45, 7) is 0.960. The largest absolute Gasteiger partial charge is 0.492 e. The van der Waals surface area contributed by atoms with Gasteiger partial charge in [0.2, 0.25) is 15.9 Å². The predicted octanol–water partition coefficient (Wildman–Crippen LogP) is 3.56. The molecule has 0 spiro atoms. The lowest BCUT2D eigenvalue weighted by atomic mass is 9.97. The lowest BCUT2D eigenvalue weighted by molar-refractivity contribution is -0.135. The molecule has 1 amide bonds. The molecule has 0 radical (unpaired) electrons. The minimum absolute atomic E-state index is 0.0791. The molecule has 1 aliphatic heterocycles. The Hall–Kier alpha value is -2.23. The number of hydrogen-bond acceptors (Lipinski definition) is 4. The van der Waals surface area contributed by atoms with Crippen molar-refractivity contribution < 1.29 is 26.7 Å². The third kappa shape index (κ3) is 5.72. The molecule has 1 fully saturated rings. The molecule has 2 aromatic carbocycles. The van der Waals surface area contributed by atoms with Gasteiger partial charge in [0.05, 0.1) is 11.4 Å². The molecule has 0 atom stereocenters. The van der Waals surface area contributed by atoms with Gasteiger partial charge >= 0.3 is 0 Å². The van der Waals surface area contributed by atoms with Crippen molar-refractivity contribution in [3.05, 3.63) is 59.1 Å². The maximum Gasteiger partial charge on any atom is 0.243 e. The molecule has 10 heteroatoms. The second-order valence-corrected chi connectivity index (χ2v) is 9.69. The van der Waals surface area contributed by atoms with Crippen LogP contribution < -0.4 is 4.74 Å². The van der Waals surface area contributed by atoms with Crippen LogP contribution in [0.5, 0.6) is 5.75 Å². The SMILES string of the molecule is CN(CCOc1ccc(Cl)cc1)C(=O)C1CCN(S(=O)(=O)c2ccc(F)c(F)c2)CC1. The highest BCUT2D eigenvalue weighted by molar-refractivity contribution is 7.89. The molecule has 1 saturated heterocycles. The molecule has 0 aliphatic carbocycles. The Labute approximate surface area is 185 Å². The highest BCUT2D eigenvalue weighted by atomic mass is 35.5. The van der Waals surface area contributed by atoms with E-state index in [1.807, 2.05) is 0 Å². The number of ether oxygens (including phenoxy) is 1. The summed E-state index contributed by atoms with van der Waals surface area (Å²) in [5, 5.41) is 0.609. The van der Waals surface area contributed by atoms with Gasteiger partial charge in [-0.3, -0.25) is 4.79 Å². The number of benzene rings is 2. The Balaban J connectivity index is 1.50. The number of sulfonamides is 1. The van der Waals surface area contributed by atoms with Crippen LogP contribution in [-0.2, 0) is 14.8 Å². The summed E-state index contributed by atoms with van der Waals surface area (Å²) in [5.41, 5.74) is 0. The van der Waals surface area contributed by atoms with Gasteiger partial charge in [-0.2, -0.15) is 4.31 Å². The first kappa shape index (κ1) is 23.4. The predicted molar refractivity (Wildman–Crippen MR) is 112 cm³/mol. The van der Waals surface area contributed by atoms with Crippen LogP contribution >= 0.6 is 11.6 Å². The first-order valence-corrected chi connectivity index (χ1v) is 11.6. The highest BCUT2D eigenvalue weighted by Crippen LogP contribution is 2.26. The van der Waals surface area contributed by atoms with Crippen LogP contribution in [0.4, 0.5) is 8.78 Å². The number of nitrogens with zero attached hydrogens (tertiary/aromatic N) is 2. The lowest BCUT2D eigenvalue weighted by Gasteiger charge is -2.32. The van der Waals surface area contributed by atoms with Crippen molar-refractivity contribution in [2.45, 2.75) is 17.7 Å². The minimum Gasteiger partial charge on any atom is -0.492 e. The average Bonchev–Trinajstić information content (AvgIpc) is 2.76. The van der Waals surface area contributed by atoms with Crippen molar-refractivity contribution in [3.8, 4) is 5.75 Å². The van der Waals surface area contributed by atoms with Gasteiger partial charge in [0, 0.05) is 31.1 Å². The summed E-state index contributed by atoms with van der Waals surface area (Å²) >= 11 is 5.83. The number of hydrogen-bond donors (Lipinski definition) is 0. The molecule has 1 aliphatic rings. The van der Waals surface area contributed by atoms with E-state index < -0.39 is 21.7 Å². The van der Waals surface area contributed by atoms with Crippen molar-refractivity contribution in [1.29, 1.82) is 0 Å². The first-order valence-electron chi connectivity index (χ1n) is 9.77. The van der Waals surface area contributed by atoms with Crippen LogP contribution in [0, 0.1) is 17.6 Å². The van der Waals surface area contributed by atoms with Gasteiger partial charge in [0.15, 0.2) is 11.6 Å². The molecule has 0 N–H and O–H groups in total. The molecule has 2 aromatic rings. The fraction of sp³-hybridized carbons (Fsp3) is 0.381. The quantitative estimate of drug-likeness (QED) is 0.618. The number of halogens is 3. The maximum absolute atomic E-state index is 13.4. The van der Waals surface area contributed by atoms with Gasteiger partial charge in [0.25, 0.3) is 0 Å². The molecular weight excluding hydrogens is 450 g/mol. The van der Waals surface area contributed by atoms with E-state index in [0.29, 0.717) is 42.8 Å². The van der Waals surface area contributed by atoms with Gasteiger partial charge in [-0.1, -0.05) is 11.6 Å². The summed E-state index contributed by atoms with van der Waals surface area (Å²) in [6, 6.07) is 9.43. The molecule has 0 bridgehead atoms. The fourth-order valence-electron chi connectivity index (χ4n) is 3.38. The molecule has 0 unspecified atom stereocenters. The fourth-order valence-corrected chi connectivity index (χ4v) is 4.99. The molecule has 31 heavy (non-hydrogen) atoms. The van der Waals surface area contributed by atoms with Crippen LogP contribution in [0.15, 0.2) is 47.4 Å². The molecule has 1 heterocycles. The van der Waals surface area contributed by atoms with Crippen molar-refractivity contribution in [3.63, 3.8) is 0 Å². The van der Waals surface area contributed by atoms with E-state index in [1.165, 1.54) is 4.31 Å². The van der Waals surface area contributed by atoms with Crippen LogP contribution in [-0.4, -0.2) is 56.8 Å². The number of piperidine rings is 1. The van der Waals surface area contributed by atoms with Crippen molar-refractivity contribution in [2.24, 2.45) is 5.92 Å². The van der Waals surface area contributed by atoms with Gasteiger partial charge in [-0.25, -0.2) is 17.2 Å². The molecule has 3 rings (SSSR count). The maximum atomic E-state index is 13.4. The number of likely N-dealkylation sites (N-methyl/N-ethyl adjacent to an activating group) is 1. The topological polar surface area (TPSA) is 66.9 Å². The smallest absolute Gasteiger partial charge is 0.243 e. The van der Waals surface area contributed by atoms with Crippen LogP contribution in [0.1, 0.15) is 12.8 Å². The molecule has 168 valence electrons. The van der Waals surface area contributed by atoms with Crippen LogP contribution in [0.2, 0.25) is 5.02 Å². The summed E-state index contributed by atoms with van der Waals surface area (Å²) in [4.78, 5) is 14.0. The van der Waals surface area contributed by atoms with Crippen molar-refractivity contribution in [1.82, 2.24) is 9.21 Å². The Bertz CT molecular complexity index is 1030. The monoisotopic (exact) mass is 472 g/mol. The summed E-state index contributed by atoms with van der Waals surface area (Å²) in [6.07, 6.45) is 0.703. The average molecular weight is 473 g/mol. The second kappa shape index (κ2) is 9.93. The summed E-state index contributed by atoms with van der Waals surface area (Å²) in [5.74, 6) is -2.05. The van der Waals surface area contributed by atoms with Gasteiger partial charge in [0.1, 0.15) is 12.4 Å². The Morgan fingerprint density at radius 2 is 1.77 bits per heavy atom. The molecular formula is C21H23ClF2N2O4S. The summed E-state index contributed by atoms with van der Waals surface area (Å²) in [7, 11) is -2.27. The zero-order chi connectivity index (χ0) is 22.6. The standard InChI is InChI=1S/C21H23ClF2N2O4S/c1-25(12-13-30-17-4-2-16(22)3-5-17)21(27)15-8-10-26(11-9-15)31(28,29)18-6-7-19(23)20(24)14-18/h2-7,14-15H,8-13H2,1H3. The Morgan fingerprint density at radius 3 is 2.39 bits per heavy atom. The van der Waals surface area contributed by atoms with E-state index in [2.05, 4.69) is 0 Å². The molecule has 6 nitrogen and oxygen atoms in total. The normalized spacial score (nSPS) is 15.6. The van der Waals surface area contributed by atoms with E-state index in [1.54, 1.807) is 36.2 Å². The Kier molecular flexibility index (Phi) is 7.51. The zero-order valence-electron chi connectivity index (χ0n) is 16.9. The van der Waals surface area contributed by atoms with Crippen molar-refractivity contribution in [2.75, 3.05) is 33.3 Å². The van der Waals surface area contributed by atoms with E-state index in [-0.39, 0.29) is 29.8 Å². The number of rotatable bonds is 7. The molecule has 0 aromatic heterocycles. The third-order valence-corrected chi connectivity index (χ3v) is 7.36. The van der Waals surface area contributed by atoms with E-state index in [0.717, 1.165) is 12.1 Å². The number of carbonyl (C=O) groups is 1. The van der Waals surface area contributed by atoms with Crippen LogP contribution in [0.25, 0.3) is 0 Å². The highest BCUT2D eigenvalue weighted by Gasteiger charge is 2.33. The van der Waals surface area contributed by atoms with E-state index in [9.17, 15) is 22.0 Å². The van der Waals surface area contributed by atoms with Crippen LogP contribution in [0.3, 0.4) is 0 Å². The Morgan fingerprint density at radius 1 is 1.13 bits per heavy atom. The van der Waals surface area contributed by atoms with Gasteiger partial charge < -0.3 is 9.64 Å². The minimum atomic E-state index is -3.95. The third-order valence-electron chi connectivity index (χ3n) is 5.22. The second-order valence-electron chi connectivity index (χ2n) is 7.32. The molecule has 0 saturated carbocycles. The zero-order valence-corrected chi connectivity index (χ0v) is 18.5. The van der Waals surface area contributed by atoms with E-state index in [4.69, 9.17) is 16.3 Å². The van der Waals surface area contributed by atoms with Crippen molar-refractivity contribution >= 4 is 27.5 Å². The summed E-state index contributed by atoms with van der Waals surface area (Å²) < 4.78 is 58.7. The van der Waals surface area contributed by atoms with Gasteiger partial charge in [-0.05, 0) is 55.3 Å². The number of amides is 1. The van der Waals surface area contributed by atoms with E-state index >= 15 is 0 Å².